The monoisotopic (exact) mass is 488 g/mol. The first-order chi connectivity index (χ1) is 16.2. The molecule has 4 heterocycles. The number of aryl methyl sites for hydroxylation is 1. The molecule has 3 aromatic rings. The molecule has 3 unspecified atom stereocenters. The van der Waals surface area contributed by atoms with Gasteiger partial charge in [0, 0.05) is 37.4 Å². The van der Waals surface area contributed by atoms with Crippen LogP contribution in [-0.4, -0.2) is 49.4 Å². The van der Waals surface area contributed by atoms with Crippen molar-refractivity contribution in [2.45, 2.75) is 38.0 Å². The summed E-state index contributed by atoms with van der Waals surface area (Å²) in [5, 5.41) is 3.06. The highest BCUT2D eigenvalue weighted by Gasteiger charge is 2.47. The Balaban J connectivity index is 1.39. The van der Waals surface area contributed by atoms with Crippen LogP contribution in [0.5, 0.6) is 0 Å². The molecule has 1 saturated heterocycles. The van der Waals surface area contributed by atoms with Crippen molar-refractivity contribution in [3.05, 3.63) is 64.7 Å². The summed E-state index contributed by atoms with van der Waals surface area (Å²) in [6.45, 7) is 2.46. The maximum atomic E-state index is 13.6. The van der Waals surface area contributed by atoms with E-state index in [9.17, 15) is 18.0 Å². The molecule has 11 heteroatoms. The smallest absolute Gasteiger partial charge is 0.364 e. The van der Waals surface area contributed by atoms with Crippen LogP contribution < -0.4 is 5.32 Å². The SMILES string of the molecule is Cc1cnc(-c2ncccn2)c(C(=O)N2CC3CC(Nc4ncc(C(F)(F)F)cc4Cl)C2C3)c1. The summed E-state index contributed by atoms with van der Waals surface area (Å²) in [7, 11) is 0. The van der Waals surface area contributed by atoms with E-state index in [1.54, 1.807) is 35.6 Å². The summed E-state index contributed by atoms with van der Waals surface area (Å²) < 4.78 is 38.8. The van der Waals surface area contributed by atoms with Crippen molar-refractivity contribution in [3.63, 3.8) is 0 Å². The Morgan fingerprint density at radius 1 is 1.12 bits per heavy atom. The minimum atomic E-state index is -4.52. The van der Waals surface area contributed by atoms with E-state index in [0.717, 1.165) is 30.7 Å². The van der Waals surface area contributed by atoms with Crippen LogP contribution in [0.15, 0.2) is 43.0 Å². The summed E-state index contributed by atoms with van der Waals surface area (Å²) in [5.74, 6) is 0.638. The zero-order valence-electron chi connectivity index (χ0n) is 18.1. The Labute approximate surface area is 198 Å². The van der Waals surface area contributed by atoms with E-state index >= 15 is 0 Å². The number of halogens is 4. The van der Waals surface area contributed by atoms with Gasteiger partial charge < -0.3 is 10.2 Å². The van der Waals surface area contributed by atoms with Crippen molar-refractivity contribution in [2.24, 2.45) is 5.92 Å². The first-order valence-electron chi connectivity index (χ1n) is 10.7. The predicted molar refractivity (Wildman–Crippen MR) is 119 cm³/mol. The van der Waals surface area contributed by atoms with Gasteiger partial charge in [-0.3, -0.25) is 9.78 Å². The van der Waals surface area contributed by atoms with E-state index in [0.29, 0.717) is 23.6 Å². The second kappa shape index (κ2) is 8.50. The fourth-order valence-corrected chi connectivity index (χ4v) is 5.00. The van der Waals surface area contributed by atoms with Crippen LogP contribution in [0.25, 0.3) is 11.5 Å². The topological polar surface area (TPSA) is 83.9 Å². The molecule has 1 N–H and O–H groups in total. The zero-order valence-corrected chi connectivity index (χ0v) is 18.8. The molecule has 2 bridgehead atoms. The molecule has 5 rings (SSSR count). The van der Waals surface area contributed by atoms with E-state index in [1.165, 1.54) is 0 Å². The van der Waals surface area contributed by atoms with Crippen LogP contribution in [0.2, 0.25) is 5.02 Å². The number of aromatic nitrogens is 4. The highest BCUT2D eigenvalue weighted by Crippen LogP contribution is 2.41. The maximum Gasteiger partial charge on any atom is 0.417 e. The van der Waals surface area contributed by atoms with Gasteiger partial charge in [0.25, 0.3) is 5.91 Å². The van der Waals surface area contributed by atoms with Crippen LogP contribution in [0.4, 0.5) is 19.0 Å². The molecule has 1 aliphatic carbocycles. The van der Waals surface area contributed by atoms with Crippen molar-refractivity contribution in [3.8, 4) is 11.5 Å². The van der Waals surface area contributed by atoms with E-state index in [2.05, 4.69) is 25.3 Å². The Kier molecular flexibility index (Phi) is 5.63. The number of rotatable bonds is 4. The fourth-order valence-electron chi connectivity index (χ4n) is 4.78. The van der Waals surface area contributed by atoms with Gasteiger partial charge in [-0.15, -0.1) is 0 Å². The third-order valence-corrected chi connectivity index (χ3v) is 6.55. The lowest BCUT2D eigenvalue weighted by Crippen LogP contribution is -2.48. The first-order valence-corrected chi connectivity index (χ1v) is 11.1. The second-order valence-corrected chi connectivity index (χ2v) is 9.05. The van der Waals surface area contributed by atoms with Crippen LogP contribution in [0, 0.1) is 12.8 Å². The highest BCUT2D eigenvalue weighted by molar-refractivity contribution is 6.33. The fraction of sp³-hybridized carbons (Fsp3) is 0.348. The molecule has 1 saturated carbocycles. The van der Waals surface area contributed by atoms with Crippen molar-refractivity contribution in [1.82, 2.24) is 24.8 Å². The van der Waals surface area contributed by atoms with E-state index in [1.807, 2.05) is 6.92 Å². The van der Waals surface area contributed by atoms with Gasteiger partial charge in [0.05, 0.1) is 22.2 Å². The van der Waals surface area contributed by atoms with Gasteiger partial charge in [0.2, 0.25) is 0 Å². The Morgan fingerprint density at radius 2 is 1.88 bits per heavy atom. The summed E-state index contributed by atoms with van der Waals surface area (Å²) in [5.41, 5.74) is 0.761. The number of alkyl halides is 3. The number of anilines is 1. The Hall–Kier alpha value is -3.27. The van der Waals surface area contributed by atoms with E-state index < -0.39 is 11.7 Å². The second-order valence-electron chi connectivity index (χ2n) is 8.65. The Bertz CT molecular complexity index is 1240. The highest BCUT2D eigenvalue weighted by atomic mass is 35.5. The number of nitrogens with zero attached hydrogens (tertiary/aromatic N) is 5. The van der Waals surface area contributed by atoms with E-state index in [-0.39, 0.29) is 34.7 Å². The largest absolute Gasteiger partial charge is 0.417 e. The quantitative estimate of drug-likeness (QED) is 0.576. The molecule has 2 aliphatic rings. The van der Waals surface area contributed by atoms with Gasteiger partial charge in [0.1, 0.15) is 11.5 Å². The van der Waals surface area contributed by atoms with Crippen LogP contribution in [0.3, 0.4) is 0 Å². The molecule has 2 fully saturated rings. The molecule has 1 aliphatic heterocycles. The van der Waals surface area contributed by atoms with Crippen molar-refractivity contribution < 1.29 is 18.0 Å². The minimum Gasteiger partial charge on any atom is -0.364 e. The van der Waals surface area contributed by atoms with Gasteiger partial charge in [0.15, 0.2) is 5.82 Å². The number of carbonyl (C=O) groups is 1. The lowest BCUT2D eigenvalue weighted by molar-refractivity contribution is -0.137. The summed E-state index contributed by atoms with van der Waals surface area (Å²) in [4.78, 5) is 32.2. The standard InChI is InChI=1S/C23H20ClF3N6O/c1-12-5-15(19(30-9-12)21-28-3-2-4-29-21)22(34)33-11-13-6-17(18(33)7-13)32-20-16(24)8-14(10-31-20)23(25,26)27/h2-5,8-10,13,17-18H,6-7,11H2,1H3,(H,31,32). The molecule has 0 aromatic carbocycles. The molecule has 0 spiro atoms. The third kappa shape index (κ3) is 4.18. The molecule has 7 nitrogen and oxygen atoms in total. The van der Waals surface area contributed by atoms with Crippen LogP contribution >= 0.6 is 11.6 Å². The van der Waals surface area contributed by atoms with Crippen LogP contribution in [-0.2, 0) is 6.18 Å². The number of hydrogen-bond acceptors (Lipinski definition) is 6. The molecular formula is C23H20ClF3N6O. The van der Waals surface area contributed by atoms with Crippen LogP contribution in [0.1, 0.15) is 34.3 Å². The summed E-state index contributed by atoms with van der Waals surface area (Å²) in [6, 6.07) is 4.00. The normalized spacial score (nSPS) is 21.7. The minimum absolute atomic E-state index is 0.109. The first kappa shape index (κ1) is 22.5. The maximum absolute atomic E-state index is 13.6. The number of nitrogens with one attached hydrogen (secondary N) is 1. The number of piperidine rings is 1. The lowest BCUT2D eigenvalue weighted by Gasteiger charge is -2.34. The van der Waals surface area contributed by atoms with Crippen molar-refractivity contribution in [2.75, 3.05) is 11.9 Å². The molecule has 3 atom stereocenters. The van der Waals surface area contributed by atoms with Gasteiger partial charge in [-0.25, -0.2) is 15.0 Å². The number of carbonyl (C=O) groups excluding carboxylic acids is 1. The van der Waals surface area contributed by atoms with Gasteiger partial charge in [-0.1, -0.05) is 11.6 Å². The number of likely N-dealkylation sites (tertiary alicyclic amines) is 1. The lowest BCUT2D eigenvalue weighted by atomic mass is 10.0. The molecule has 1 amide bonds. The van der Waals surface area contributed by atoms with Crippen molar-refractivity contribution >= 4 is 23.3 Å². The molecule has 3 aromatic heterocycles. The van der Waals surface area contributed by atoms with Gasteiger partial charge in [-0.05, 0) is 49.4 Å². The number of pyridine rings is 2. The average molecular weight is 489 g/mol. The average Bonchev–Trinajstić information content (AvgIpc) is 3.40. The number of amides is 1. The predicted octanol–water partition coefficient (Wildman–Crippen LogP) is 4.63. The molecular weight excluding hydrogens is 469 g/mol. The summed E-state index contributed by atoms with van der Waals surface area (Å²) >= 11 is 6.09. The van der Waals surface area contributed by atoms with Gasteiger partial charge >= 0.3 is 6.18 Å². The molecule has 176 valence electrons. The van der Waals surface area contributed by atoms with Gasteiger partial charge in [-0.2, -0.15) is 13.2 Å². The number of fused-ring (bicyclic) bond motifs is 2. The third-order valence-electron chi connectivity index (χ3n) is 6.27. The number of hydrogen-bond donors (Lipinski definition) is 1. The van der Waals surface area contributed by atoms with E-state index in [4.69, 9.17) is 11.6 Å². The molecule has 34 heavy (non-hydrogen) atoms. The Morgan fingerprint density at radius 3 is 2.56 bits per heavy atom. The zero-order chi connectivity index (χ0) is 24.0. The van der Waals surface area contributed by atoms with Crippen molar-refractivity contribution in [1.29, 1.82) is 0 Å². The molecule has 0 radical (unpaired) electrons. The summed E-state index contributed by atoms with van der Waals surface area (Å²) in [6.07, 6.45) is 2.66.